The largest absolute Gasteiger partial charge is 0.496 e. The van der Waals surface area contributed by atoms with Gasteiger partial charge in [0.25, 0.3) is 5.91 Å². The van der Waals surface area contributed by atoms with Crippen molar-refractivity contribution >= 4 is 11.6 Å². The van der Waals surface area contributed by atoms with Crippen LogP contribution in [0.2, 0.25) is 0 Å². The average Bonchev–Trinajstić information content (AvgIpc) is 2.54. The Morgan fingerprint density at radius 3 is 2.48 bits per heavy atom. The third kappa shape index (κ3) is 3.99. The summed E-state index contributed by atoms with van der Waals surface area (Å²) in [6.45, 7) is 2.74. The average molecular weight is 285 g/mol. The van der Waals surface area contributed by atoms with E-state index in [0.29, 0.717) is 17.9 Å². The molecule has 0 aliphatic rings. The lowest BCUT2D eigenvalue weighted by atomic mass is 10.2. The molecule has 0 bridgehead atoms. The molecule has 0 saturated heterocycles. The molecule has 0 aromatic heterocycles. The molecule has 0 saturated carbocycles. The predicted octanol–water partition coefficient (Wildman–Crippen LogP) is 3.74. The molecule has 0 atom stereocenters. The van der Waals surface area contributed by atoms with Crippen molar-refractivity contribution in [3.8, 4) is 11.5 Å². The maximum Gasteiger partial charge on any atom is 0.259 e. The van der Waals surface area contributed by atoms with Gasteiger partial charge in [-0.25, -0.2) is 0 Å². The Hall–Kier alpha value is -2.49. The summed E-state index contributed by atoms with van der Waals surface area (Å²) in [4.78, 5) is 12.2. The van der Waals surface area contributed by atoms with E-state index in [1.165, 1.54) is 0 Å². The van der Waals surface area contributed by atoms with E-state index in [0.717, 1.165) is 17.9 Å². The van der Waals surface area contributed by atoms with Crippen LogP contribution in [0.3, 0.4) is 0 Å². The lowest BCUT2D eigenvalue weighted by Crippen LogP contribution is -2.13. The summed E-state index contributed by atoms with van der Waals surface area (Å²) in [7, 11) is 1.55. The number of carbonyl (C=O) groups is 1. The van der Waals surface area contributed by atoms with Crippen molar-refractivity contribution in [2.45, 2.75) is 13.3 Å². The van der Waals surface area contributed by atoms with Gasteiger partial charge in [0, 0.05) is 5.69 Å². The molecule has 0 spiro atoms. The Morgan fingerprint density at radius 1 is 1.10 bits per heavy atom. The standard InChI is InChI=1S/C17H19NO3/c1-3-12-21-14-10-8-13(9-11-14)18-17(19)15-6-4-5-7-16(15)20-2/h4-11H,3,12H2,1-2H3,(H,18,19). The molecule has 0 fully saturated rings. The molecule has 1 N–H and O–H groups in total. The number of carbonyl (C=O) groups excluding carboxylic acids is 1. The van der Waals surface area contributed by atoms with Crippen LogP contribution in [0.15, 0.2) is 48.5 Å². The second kappa shape index (κ2) is 7.33. The molecule has 0 radical (unpaired) electrons. The zero-order chi connectivity index (χ0) is 15.1. The lowest BCUT2D eigenvalue weighted by Gasteiger charge is -2.10. The zero-order valence-corrected chi connectivity index (χ0v) is 12.3. The Labute approximate surface area is 124 Å². The van der Waals surface area contributed by atoms with Gasteiger partial charge in [0.2, 0.25) is 0 Å². The van der Waals surface area contributed by atoms with Crippen LogP contribution >= 0.6 is 0 Å². The number of amides is 1. The Bertz CT molecular complexity index is 593. The molecule has 110 valence electrons. The number of rotatable bonds is 6. The third-order valence-corrected chi connectivity index (χ3v) is 2.94. The van der Waals surface area contributed by atoms with E-state index in [1.54, 1.807) is 25.3 Å². The predicted molar refractivity (Wildman–Crippen MR) is 83.2 cm³/mol. The van der Waals surface area contributed by atoms with Gasteiger partial charge in [-0.15, -0.1) is 0 Å². The SMILES string of the molecule is CCCOc1ccc(NC(=O)c2ccccc2OC)cc1. The first kappa shape index (κ1) is 14.9. The number of nitrogens with one attached hydrogen (secondary N) is 1. The summed E-state index contributed by atoms with van der Waals surface area (Å²) in [5.74, 6) is 1.15. The second-order valence-corrected chi connectivity index (χ2v) is 4.53. The van der Waals surface area contributed by atoms with Crippen LogP contribution in [0.1, 0.15) is 23.7 Å². The minimum atomic E-state index is -0.199. The van der Waals surface area contributed by atoms with Crippen molar-refractivity contribution in [1.29, 1.82) is 0 Å². The first-order valence-electron chi connectivity index (χ1n) is 6.92. The van der Waals surface area contributed by atoms with E-state index in [4.69, 9.17) is 9.47 Å². The molecule has 2 rings (SSSR count). The first-order chi connectivity index (χ1) is 10.2. The smallest absolute Gasteiger partial charge is 0.259 e. The highest BCUT2D eigenvalue weighted by atomic mass is 16.5. The topological polar surface area (TPSA) is 47.6 Å². The van der Waals surface area contributed by atoms with Crippen molar-refractivity contribution in [2.75, 3.05) is 19.0 Å². The van der Waals surface area contributed by atoms with Gasteiger partial charge in [-0.2, -0.15) is 0 Å². The van der Waals surface area contributed by atoms with Gasteiger partial charge in [0.15, 0.2) is 0 Å². The highest BCUT2D eigenvalue weighted by molar-refractivity contribution is 6.06. The maximum atomic E-state index is 12.2. The number of hydrogen-bond acceptors (Lipinski definition) is 3. The molecule has 1 amide bonds. The van der Waals surface area contributed by atoms with Crippen molar-refractivity contribution in [2.24, 2.45) is 0 Å². The normalized spacial score (nSPS) is 10.0. The molecule has 0 heterocycles. The van der Waals surface area contributed by atoms with Gasteiger partial charge in [0.05, 0.1) is 19.3 Å². The van der Waals surface area contributed by atoms with Gasteiger partial charge in [-0.1, -0.05) is 19.1 Å². The molecular formula is C17H19NO3. The van der Waals surface area contributed by atoms with E-state index in [9.17, 15) is 4.79 Å². The van der Waals surface area contributed by atoms with Gasteiger partial charge < -0.3 is 14.8 Å². The van der Waals surface area contributed by atoms with E-state index >= 15 is 0 Å². The first-order valence-corrected chi connectivity index (χ1v) is 6.92. The van der Waals surface area contributed by atoms with E-state index in [2.05, 4.69) is 12.2 Å². The summed E-state index contributed by atoms with van der Waals surface area (Å²) < 4.78 is 10.7. The van der Waals surface area contributed by atoms with Crippen molar-refractivity contribution in [3.05, 3.63) is 54.1 Å². The van der Waals surface area contributed by atoms with E-state index in [1.807, 2.05) is 30.3 Å². The minimum absolute atomic E-state index is 0.199. The number of ether oxygens (including phenoxy) is 2. The third-order valence-electron chi connectivity index (χ3n) is 2.94. The molecule has 0 aliphatic carbocycles. The number of para-hydroxylation sites is 1. The fourth-order valence-electron chi connectivity index (χ4n) is 1.89. The molecule has 4 nitrogen and oxygen atoms in total. The van der Waals surface area contributed by atoms with E-state index in [-0.39, 0.29) is 5.91 Å². The van der Waals surface area contributed by atoms with Crippen LogP contribution in [-0.2, 0) is 0 Å². The van der Waals surface area contributed by atoms with Crippen LogP contribution < -0.4 is 14.8 Å². The summed E-state index contributed by atoms with van der Waals surface area (Å²) in [6, 6.07) is 14.4. The van der Waals surface area contributed by atoms with E-state index < -0.39 is 0 Å². The summed E-state index contributed by atoms with van der Waals surface area (Å²) in [5.41, 5.74) is 1.22. The van der Waals surface area contributed by atoms with Crippen LogP contribution in [0, 0.1) is 0 Å². The molecule has 0 unspecified atom stereocenters. The summed E-state index contributed by atoms with van der Waals surface area (Å²) in [5, 5.41) is 2.84. The Morgan fingerprint density at radius 2 is 1.81 bits per heavy atom. The highest BCUT2D eigenvalue weighted by Gasteiger charge is 2.11. The summed E-state index contributed by atoms with van der Waals surface area (Å²) >= 11 is 0. The molecule has 0 aliphatic heterocycles. The van der Waals surface area contributed by atoms with Crippen LogP contribution in [-0.4, -0.2) is 19.6 Å². The maximum absolute atomic E-state index is 12.2. The minimum Gasteiger partial charge on any atom is -0.496 e. The molecule has 4 heteroatoms. The van der Waals surface area contributed by atoms with Gasteiger partial charge in [0.1, 0.15) is 11.5 Å². The van der Waals surface area contributed by atoms with Crippen LogP contribution in [0.25, 0.3) is 0 Å². The number of anilines is 1. The Kier molecular flexibility index (Phi) is 5.21. The fraction of sp³-hybridized carbons (Fsp3) is 0.235. The van der Waals surface area contributed by atoms with Gasteiger partial charge in [-0.05, 0) is 42.8 Å². The number of hydrogen-bond donors (Lipinski definition) is 1. The lowest BCUT2D eigenvalue weighted by molar-refractivity contribution is 0.102. The Balaban J connectivity index is 2.05. The van der Waals surface area contributed by atoms with Crippen LogP contribution in [0.5, 0.6) is 11.5 Å². The quantitative estimate of drug-likeness (QED) is 0.879. The van der Waals surface area contributed by atoms with Crippen molar-refractivity contribution in [3.63, 3.8) is 0 Å². The van der Waals surface area contributed by atoms with Crippen molar-refractivity contribution < 1.29 is 14.3 Å². The molecule has 21 heavy (non-hydrogen) atoms. The van der Waals surface area contributed by atoms with Gasteiger partial charge >= 0.3 is 0 Å². The van der Waals surface area contributed by atoms with Crippen molar-refractivity contribution in [1.82, 2.24) is 0 Å². The highest BCUT2D eigenvalue weighted by Crippen LogP contribution is 2.20. The number of benzene rings is 2. The summed E-state index contributed by atoms with van der Waals surface area (Å²) in [6.07, 6.45) is 0.965. The monoisotopic (exact) mass is 285 g/mol. The molecular weight excluding hydrogens is 266 g/mol. The van der Waals surface area contributed by atoms with Crippen LogP contribution in [0.4, 0.5) is 5.69 Å². The number of methoxy groups -OCH3 is 1. The molecule has 2 aromatic carbocycles. The zero-order valence-electron chi connectivity index (χ0n) is 12.3. The molecule has 2 aromatic rings. The fourth-order valence-corrected chi connectivity index (χ4v) is 1.89. The van der Waals surface area contributed by atoms with Gasteiger partial charge in [-0.3, -0.25) is 4.79 Å². The second-order valence-electron chi connectivity index (χ2n) is 4.53.